The Morgan fingerprint density at radius 3 is 2.44 bits per heavy atom. The fourth-order valence-electron chi connectivity index (χ4n) is 0.328. The van der Waals surface area contributed by atoms with Crippen LogP contribution >= 0.6 is 40.6 Å². The molecule has 56 valence electrons. The van der Waals surface area contributed by atoms with Crippen molar-refractivity contribution >= 4 is 40.6 Å². The van der Waals surface area contributed by atoms with E-state index in [1.807, 2.05) is 0 Å². The highest BCUT2D eigenvalue weighted by atomic mass is 33.4. The second kappa shape index (κ2) is 5.00. The van der Waals surface area contributed by atoms with Crippen molar-refractivity contribution in [3.05, 3.63) is 0 Å². The summed E-state index contributed by atoms with van der Waals surface area (Å²) in [5, 5.41) is 0. The second-order valence-electron chi connectivity index (χ2n) is 1.68. The van der Waals surface area contributed by atoms with Crippen molar-refractivity contribution in [1.29, 1.82) is 0 Å². The average molecular weight is 202 g/mol. The topological polar surface area (TPSA) is 17.1 Å². The van der Waals surface area contributed by atoms with Crippen molar-refractivity contribution in [1.82, 2.24) is 0 Å². The molecule has 0 aromatic heterocycles. The van der Waals surface area contributed by atoms with E-state index >= 15 is 0 Å². The normalized spacial score (nSPS) is 11.9. The first-order valence-electron chi connectivity index (χ1n) is 2.76. The van der Waals surface area contributed by atoms with E-state index < -0.39 is 4.75 Å². The fraction of sp³-hybridized carbons (Fsp3) is 1.00. The van der Waals surface area contributed by atoms with Crippen LogP contribution in [0.3, 0.4) is 0 Å². The van der Waals surface area contributed by atoms with E-state index in [-0.39, 0.29) is 0 Å². The average Bonchev–Trinajstić information content (AvgIpc) is 1.63. The van der Waals surface area contributed by atoms with Gasteiger partial charge in [0.05, 0.1) is 0 Å². The van der Waals surface area contributed by atoms with Gasteiger partial charge >= 0.3 is 0 Å². The SMILES string of the molecule is CCCCSP(=O)(S)S. The van der Waals surface area contributed by atoms with Gasteiger partial charge in [-0.25, -0.2) is 0 Å². The summed E-state index contributed by atoms with van der Waals surface area (Å²) in [6.45, 7) is 2.10. The van der Waals surface area contributed by atoms with Gasteiger partial charge in [-0.05, 0) is 6.42 Å². The second-order valence-corrected chi connectivity index (χ2v) is 11.6. The highest BCUT2D eigenvalue weighted by molar-refractivity contribution is 9.08. The highest BCUT2D eigenvalue weighted by Gasteiger charge is 2.07. The van der Waals surface area contributed by atoms with Crippen LogP contribution in [0.2, 0.25) is 0 Å². The van der Waals surface area contributed by atoms with E-state index in [0.29, 0.717) is 0 Å². The van der Waals surface area contributed by atoms with Crippen LogP contribution in [0.25, 0.3) is 0 Å². The largest absolute Gasteiger partial charge is 0.289 e. The van der Waals surface area contributed by atoms with E-state index in [2.05, 4.69) is 31.4 Å². The molecule has 0 radical (unpaired) electrons. The monoisotopic (exact) mass is 202 g/mol. The molecule has 5 heteroatoms. The van der Waals surface area contributed by atoms with Crippen LogP contribution in [0.4, 0.5) is 0 Å². The minimum absolute atomic E-state index is 0.904. The molecule has 0 aromatic rings. The number of thiol groups is 2. The molecule has 0 bridgehead atoms. The third-order valence-corrected chi connectivity index (χ3v) is 5.20. The Labute approximate surface area is 70.8 Å². The van der Waals surface area contributed by atoms with Gasteiger partial charge in [0.25, 0.3) is 0 Å². The third-order valence-electron chi connectivity index (χ3n) is 0.757. The van der Waals surface area contributed by atoms with Crippen LogP contribution in [0.5, 0.6) is 0 Å². The summed E-state index contributed by atoms with van der Waals surface area (Å²) in [4.78, 5) is 0. The summed E-state index contributed by atoms with van der Waals surface area (Å²) >= 11 is 8.96. The van der Waals surface area contributed by atoms with Gasteiger partial charge in [0.15, 0.2) is 0 Å². The Morgan fingerprint density at radius 2 is 2.11 bits per heavy atom. The van der Waals surface area contributed by atoms with E-state index in [1.165, 1.54) is 11.4 Å². The number of rotatable bonds is 4. The van der Waals surface area contributed by atoms with E-state index in [9.17, 15) is 4.57 Å². The van der Waals surface area contributed by atoms with Gasteiger partial charge in [0.1, 0.15) is 0 Å². The molecule has 0 heterocycles. The standard InChI is InChI=1S/C4H11OPS3/c1-2-3-4-9-6(5,7)8/h2-4H2,1H3,(H2,5,7,8). The molecule has 0 saturated heterocycles. The zero-order valence-corrected chi connectivity index (χ0v) is 8.78. The molecule has 0 unspecified atom stereocenters. The van der Waals surface area contributed by atoms with Crippen molar-refractivity contribution in [2.75, 3.05) is 5.75 Å². The summed E-state index contributed by atoms with van der Waals surface area (Å²) < 4.78 is 8.39. The lowest BCUT2D eigenvalue weighted by atomic mass is 10.4. The Bertz CT molecular complexity index is 110. The van der Waals surface area contributed by atoms with Crippen molar-refractivity contribution in [3.8, 4) is 0 Å². The lowest BCUT2D eigenvalue weighted by molar-refractivity contribution is 0.601. The van der Waals surface area contributed by atoms with Crippen LogP contribution < -0.4 is 0 Å². The summed E-state index contributed by atoms with van der Waals surface area (Å²) in [5.41, 5.74) is 0. The molecule has 0 aliphatic rings. The van der Waals surface area contributed by atoms with Crippen LogP contribution in [0, 0.1) is 0 Å². The number of hydrogen-bond acceptors (Lipinski definition) is 2. The van der Waals surface area contributed by atoms with Crippen molar-refractivity contribution in [2.24, 2.45) is 0 Å². The lowest BCUT2D eigenvalue weighted by Gasteiger charge is -2.00. The molecule has 0 amide bonds. The maximum atomic E-state index is 10.8. The highest BCUT2D eigenvalue weighted by Crippen LogP contribution is 2.66. The summed E-state index contributed by atoms with van der Waals surface area (Å²) in [6, 6.07) is 0. The molecular formula is C4H11OPS3. The zero-order valence-electron chi connectivity index (χ0n) is 5.28. The quantitative estimate of drug-likeness (QED) is 0.412. The smallest absolute Gasteiger partial charge is 0.238 e. The lowest BCUT2D eigenvalue weighted by Crippen LogP contribution is -1.71. The maximum absolute atomic E-state index is 10.8. The molecule has 0 N–H and O–H groups in total. The molecule has 0 spiro atoms. The van der Waals surface area contributed by atoms with E-state index in [4.69, 9.17) is 0 Å². The molecule has 0 aliphatic carbocycles. The first kappa shape index (κ1) is 10.3. The van der Waals surface area contributed by atoms with Crippen LogP contribution in [0.15, 0.2) is 0 Å². The first-order chi connectivity index (χ1) is 4.06. The van der Waals surface area contributed by atoms with Crippen molar-refractivity contribution in [3.63, 3.8) is 0 Å². The van der Waals surface area contributed by atoms with Crippen LogP contribution in [0.1, 0.15) is 19.8 Å². The van der Waals surface area contributed by atoms with Crippen LogP contribution in [-0.2, 0) is 4.57 Å². The Balaban J connectivity index is 3.18. The molecule has 0 aliphatic heterocycles. The van der Waals surface area contributed by atoms with Gasteiger partial charge in [-0.2, -0.15) is 0 Å². The molecule has 0 rings (SSSR count). The molecular weight excluding hydrogens is 191 g/mol. The molecule has 0 aromatic carbocycles. The molecule has 0 saturated carbocycles. The van der Waals surface area contributed by atoms with Gasteiger partial charge in [0, 0.05) is 5.75 Å². The summed E-state index contributed by atoms with van der Waals surface area (Å²) in [6.07, 6.45) is 2.23. The summed E-state index contributed by atoms with van der Waals surface area (Å²) in [5.74, 6) is 0.904. The Morgan fingerprint density at radius 1 is 1.56 bits per heavy atom. The van der Waals surface area contributed by atoms with Crippen LogP contribution in [-0.4, -0.2) is 5.75 Å². The predicted molar refractivity (Wildman–Crippen MR) is 52.9 cm³/mol. The van der Waals surface area contributed by atoms with Gasteiger partial charge < -0.3 is 0 Å². The Kier molecular flexibility index (Phi) is 5.71. The maximum Gasteiger partial charge on any atom is 0.238 e. The number of unbranched alkanes of at least 4 members (excludes halogenated alkanes) is 1. The first-order valence-corrected chi connectivity index (χ1v) is 8.36. The molecule has 0 fully saturated rings. The zero-order chi connectivity index (χ0) is 7.33. The molecule has 1 nitrogen and oxygen atoms in total. The van der Waals surface area contributed by atoms with Crippen molar-refractivity contribution < 1.29 is 4.57 Å². The van der Waals surface area contributed by atoms with E-state index in [0.717, 1.165) is 18.6 Å². The minimum atomic E-state index is -2.39. The van der Waals surface area contributed by atoms with Gasteiger partial charge in [-0.3, -0.25) is 4.57 Å². The fourth-order valence-corrected chi connectivity index (χ4v) is 3.55. The van der Waals surface area contributed by atoms with E-state index in [1.54, 1.807) is 0 Å². The molecule has 9 heavy (non-hydrogen) atoms. The van der Waals surface area contributed by atoms with Gasteiger partial charge in [-0.15, -0.1) is 0 Å². The van der Waals surface area contributed by atoms with Gasteiger partial charge in [-0.1, -0.05) is 49.2 Å². The minimum Gasteiger partial charge on any atom is -0.289 e. The number of hydrogen-bond donors (Lipinski definition) is 2. The predicted octanol–water partition coefficient (Wildman–Crippen LogP) is 3.49. The molecule has 0 atom stereocenters. The Hall–Kier alpha value is 1.28. The van der Waals surface area contributed by atoms with Crippen molar-refractivity contribution in [2.45, 2.75) is 19.8 Å². The third kappa shape index (κ3) is 9.28. The summed E-state index contributed by atoms with van der Waals surface area (Å²) in [7, 11) is 0. The van der Waals surface area contributed by atoms with Gasteiger partial charge in [0.2, 0.25) is 4.75 Å².